The van der Waals surface area contributed by atoms with Gasteiger partial charge in [0.05, 0.1) is 22.3 Å². The number of anilines is 1. The number of nitrogens with zero attached hydrogens (tertiary/aromatic N) is 1. The Kier molecular flexibility index (Phi) is 5.01. The zero-order chi connectivity index (χ0) is 20.7. The molecule has 11 nitrogen and oxygen atoms in total. The van der Waals surface area contributed by atoms with E-state index in [0.717, 1.165) is 36.4 Å². The summed E-state index contributed by atoms with van der Waals surface area (Å²) in [5, 5.41) is 13.0. The fraction of sp³-hybridized carbons (Fsp3) is 0.0714. The minimum atomic E-state index is -4.53. The summed E-state index contributed by atoms with van der Waals surface area (Å²) < 4.78 is 53.2. The standard InChI is InChI=1S/C14H11ClN4O7S2/c15-10-5-11-13(27(23,24)17-7-16-11)6-12(10)28(25,26)18-14(20)8-1-3-9(4-2-8)19(21)22/h1-6,16-17H,7H2,(H,18,20). The van der Waals surface area contributed by atoms with Crippen molar-refractivity contribution < 1.29 is 26.6 Å². The molecule has 148 valence electrons. The minimum Gasteiger partial charge on any atom is -0.370 e. The molecule has 0 atom stereocenters. The van der Waals surface area contributed by atoms with E-state index in [9.17, 15) is 31.7 Å². The molecule has 0 aliphatic carbocycles. The molecule has 1 amide bonds. The summed E-state index contributed by atoms with van der Waals surface area (Å²) in [5.74, 6) is -1.07. The number of amides is 1. The van der Waals surface area contributed by atoms with Gasteiger partial charge in [0.2, 0.25) is 10.0 Å². The van der Waals surface area contributed by atoms with Crippen LogP contribution in [0.1, 0.15) is 10.4 Å². The molecule has 0 saturated heterocycles. The van der Waals surface area contributed by atoms with Gasteiger partial charge in [-0.05, 0) is 24.3 Å². The van der Waals surface area contributed by atoms with Gasteiger partial charge in [-0.1, -0.05) is 11.6 Å². The average molecular weight is 447 g/mol. The van der Waals surface area contributed by atoms with Crippen molar-refractivity contribution in [1.29, 1.82) is 0 Å². The molecule has 0 aromatic heterocycles. The van der Waals surface area contributed by atoms with E-state index in [2.05, 4.69) is 10.0 Å². The first-order valence-electron chi connectivity index (χ1n) is 7.40. The van der Waals surface area contributed by atoms with Gasteiger partial charge in [-0.15, -0.1) is 0 Å². The molecule has 0 spiro atoms. The molecule has 2 aromatic rings. The number of non-ortho nitro benzene ring substituents is 1. The molecule has 2 aromatic carbocycles. The molecule has 1 heterocycles. The number of fused-ring (bicyclic) bond motifs is 1. The lowest BCUT2D eigenvalue weighted by atomic mass is 10.2. The Labute approximate surface area is 164 Å². The van der Waals surface area contributed by atoms with Gasteiger partial charge in [-0.3, -0.25) is 14.9 Å². The number of nitro groups is 1. The van der Waals surface area contributed by atoms with Crippen LogP contribution in [-0.4, -0.2) is 34.3 Å². The maximum atomic E-state index is 12.5. The Balaban J connectivity index is 1.95. The lowest BCUT2D eigenvalue weighted by Gasteiger charge is -2.20. The summed E-state index contributed by atoms with van der Waals surface area (Å²) in [6, 6.07) is 6.19. The third kappa shape index (κ3) is 3.77. The Morgan fingerprint density at radius 3 is 2.46 bits per heavy atom. The molecular formula is C14H11ClN4O7S2. The highest BCUT2D eigenvalue weighted by molar-refractivity contribution is 7.90. The predicted octanol–water partition coefficient (Wildman–Crippen LogP) is 1.03. The first-order chi connectivity index (χ1) is 13.0. The van der Waals surface area contributed by atoms with Gasteiger partial charge in [-0.2, -0.15) is 4.72 Å². The van der Waals surface area contributed by atoms with Crippen molar-refractivity contribution in [3.05, 3.63) is 57.1 Å². The van der Waals surface area contributed by atoms with Crippen LogP contribution >= 0.6 is 11.6 Å². The molecule has 28 heavy (non-hydrogen) atoms. The normalized spacial score (nSPS) is 15.2. The van der Waals surface area contributed by atoms with Crippen LogP contribution in [0.3, 0.4) is 0 Å². The Bertz CT molecular complexity index is 1190. The number of halogens is 1. The number of nitro benzene ring substituents is 1. The van der Waals surface area contributed by atoms with Gasteiger partial charge < -0.3 is 5.32 Å². The largest absolute Gasteiger partial charge is 0.370 e. The molecule has 1 aliphatic rings. The van der Waals surface area contributed by atoms with E-state index in [4.69, 9.17) is 11.6 Å². The van der Waals surface area contributed by atoms with Crippen molar-refractivity contribution in [2.75, 3.05) is 12.0 Å². The van der Waals surface area contributed by atoms with Gasteiger partial charge in [0.25, 0.3) is 21.6 Å². The van der Waals surface area contributed by atoms with Crippen molar-refractivity contribution in [1.82, 2.24) is 9.44 Å². The van der Waals surface area contributed by atoms with Crippen LogP contribution in [0, 0.1) is 10.1 Å². The quantitative estimate of drug-likeness (QED) is 0.462. The second-order valence-corrected chi connectivity index (χ2v) is 9.31. The maximum absolute atomic E-state index is 12.5. The Morgan fingerprint density at radius 2 is 1.86 bits per heavy atom. The molecule has 14 heteroatoms. The van der Waals surface area contributed by atoms with Gasteiger partial charge in [0, 0.05) is 17.7 Å². The number of carbonyl (C=O) groups is 1. The van der Waals surface area contributed by atoms with E-state index >= 15 is 0 Å². The first-order valence-corrected chi connectivity index (χ1v) is 10.7. The van der Waals surface area contributed by atoms with Crippen LogP contribution in [0.5, 0.6) is 0 Å². The van der Waals surface area contributed by atoms with Gasteiger partial charge >= 0.3 is 0 Å². The number of benzene rings is 2. The summed E-state index contributed by atoms with van der Waals surface area (Å²) in [5.41, 5.74) is -0.314. The third-order valence-corrected chi connectivity index (χ3v) is 6.96. The Morgan fingerprint density at radius 1 is 1.21 bits per heavy atom. The van der Waals surface area contributed by atoms with E-state index in [0.29, 0.717) is 0 Å². The van der Waals surface area contributed by atoms with Gasteiger partial charge in [0.15, 0.2) is 0 Å². The van der Waals surface area contributed by atoms with E-state index in [1.807, 2.05) is 0 Å². The van der Waals surface area contributed by atoms with Crippen molar-refractivity contribution in [2.45, 2.75) is 9.79 Å². The first kappa shape index (κ1) is 20.0. The molecule has 0 unspecified atom stereocenters. The predicted molar refractivity (Wildman–Crippen MR) is 98.0 cm³/mol. The number of sulfonamides is 2. The number of hydrogen-bond acceptors (Lipinski definition) is 8. The molecule has 1 aliphatic heterocycles. The zero-order valence-corrected chi connectivity index (χ0v) is 16.1. The highest BCUT2D eigenvalue weighted by Gasteiger charge is 2.29. The lowest BCUT2D eigenvalue weighted by molar-refractivity contribution is -0.384. The maximum Gasteiger partial charge on any atom is 0.269 e. The van der Waals surface area contributed by atoms with Gasteiger partial charge in [0.1, 0.15) is 9.79 Å². The van der Waals surface area contributed by atoms with Crippen LogP contribution in [-0.2, 0) is 20.0 Å². The summed E-state index contributed by atoms with van der Waals surface area (Å²) in [6.07, 6.45) is 0. The molecule has 0 radical (unpaired) electrons. The minimum absolute atomic E-state index is 0.0887. The molecule has 3 N–H and O–H groups in total. The van der Waals surface area contributed by atoms with Gasteiger partial charge in [-0.25, -0.2) is 21.6 Å². The van der Waals surface area contributed by atoms with E-state index in [-0.39, 0.29) is 33.5 Å². The molecule has 0 fully saturated rings. The summed E-state index contributed by atoms with van der Waals surface area (Å²) in [4.78, 5) is 21.2. The number of nitrogens with one attached hydrogen (secondary N) is 3. The second kappa shape index (κ2) is 7.01. The second-order valence-electron chi connectivity index (χ2n) is 5.52. The number of rotatable bonds is 4. The van der Waals surface area contributed by atoms with Crippen LogP contribution in [0.4, 0.5) is 11.4 Å². The number of carbonyl (C=O) groups excluding carboxylic acids is 1. The highest BCUT2D eigenvalue weighted by atomic mass is 35.5. The molecule has 3 rings (SSSR count). The zero-order valence-electron chi connectivity index (χ0n) is 13.7. The monoisotopic (exact) mass is 446 g/mol. The topological polar surface area (TPSA) is 165 Å². The molecule has 0 bridgehead atoms. The lowest BCUT2D eigenvalue weighted by Crippen LogP contribution is -2.35. The average Bonchev–Trinajstić information content (AvgIpc) is 2.60. The van der Waals surface area contributed by atoms with Crippen molar-refractivity contribution in [3.63, 3.8) is 0 Å². The number of hydrogen-bond donors (Lipinski definition) is 3. The SMILES string of the molecule is O=C(NS(=O)(=O)c1cc2c(cc1Cl)NCNS2(=O)=O)c1ccc([N+](=O)[O-])cc1. The van der Waals surface area contributed by atoms with Crippen LogP contribution < -0.4 is 14.8 Å². The molecular weight excluding hydrogens is 436 g/mol. The summed E-state index contributed by atoms with van der Waals surface area (Å²) in [6.45, 7) is -0.0887. The van der Waals surface area contributed by atoms with Crippen molar-refractivity contribution >= 4 is 48.9 Å². The fourth-order valence-electron chi connectivity index (χ4n) is 2.38. The van der Waals surface area contributed by atoms with Crippen LogP contribution in [0.15, 0.2) is 46.2 Å². The third-order valence-electron chi connectivity index (χ3n) is 3.72. The Hall–Kier alpha value is -2.74. The smallest absolute Gasteiger partial charge is 0.269 e. The van der Waals surface area contributed by atoms with Crippen LogP contribution in [0.2, 0.25) is 5.02 Å². The fourth-order valence-corrected chi connectivity index (χ4v) is 5.09. The van der Waals surface area contributed by atoms with E-state index in [1.54, 1.807) is 4.72 Å². The van der Waals surface area contributed by atoms with Crippen molar-refractivity contribution in [2.24, 2.45) is 0 Å². The highest BCUT2D eigenvalue weighted by Crippen LogP contribution is 2.33. The van der Waals surface area contributed by atoms with Crippen molar-refractivity contribution in [3.8, 4) is 0 Å². The van der Waals surface area contributed by atoms with E-state index in [1.165, 1.54) is 0 Å². The summed E-state index contributed by atoms with van der Waals surface area (Å²) in [7, 11) is -8.48. The van der Waals surface area contributed by atoms with E-state index < -0.39 is 35.8 Å². The van der Waals surface area contributed by atoms with Crippen LogP contribution in [0.25, 0.3) is 0 Å². The molecule has 0 saturated carbocycles. The summed E-state index contributed by atoms with van der Waals surface area (Å²) >= 11 is 5.96.